The predicted octanol–water partition coefficient (Wildman–Crippen LogP) is 4.01. The van der Waals surface area contributed by atoms with E-state index in [0.717, 1.165) is 18.8 Å². The average molecular weight is 390 g/mol. The second kappa shape index (κ2) is 8.86. The summed E-state index contributed by atoms with van der Waals surface area (Å²) in [7, 11) is 3.08. The van der Waals surface area contributed by atoms with Crippen molar-refractivity contribution in [3.8, 4) is 11.5 Å². The highest BCUT2D eigenvalue weighted by atomic mass is 35.5. The van der Waals surface area contributed by atoms with Crippen LogP contribution >= 0.6 is 11.6 Å². The first-order valence-corrected chi connectivity index (χ1v) is 9.29. The molecule has 2 N–H and O–H groups in total. The molecular weight excluding hydrogens is 366 g/mol. The van der Waals surface area contributed by atoms with Gasteiger partial charge in [-0.25, -0.2) is 0 Å². The SMILES string of the molecule is COc1cc(NCC(=O)Nc2ccc(N3CCCC3)cc2)c(OC)cc1Cl. The lowest BCUT2D eigenvalue weighted by atomic mass is 10.2. The second-order valence-electron chi connectivity index (χ2n) is 6.33. The van der Waals surface area contributed by atoms with Gasteiger partial charge in [-0.15, -0.1) is 0 Å². The van der Waals surface area contributed by atoms with Crippen molar-refractivity contribution in [3.63, 3.8) is 0 Å². The highest BCUT2D eigenvalue weighted by Crippen LogP contribution is 2.35. The second-order valence-corrected chi connectivity index (χ2v) is 6.74. The summed E-state index contributed by atoms with van der Waals surface area (Å²) in [5.41, 5.74) is 2.60. The first-order valence-electron chi connectivity index (χ1n) is 8.91. The first-order chi connectivity index (χ1) is 13.1. The van der Waals surface area contributed by atoms with Crippen molar-refractivity contribution in [2.24, 2.45) is 0 Å². The van der Waals surface area contributed by atoms with E-state index in [2.05, 4.69) is 15.5 Å². The maximum Gasteiger partial charge on any atom is 0.243 e. The molecule has 6 nitrogen and oxygen atoms in total. The number of halogens is 1. The van der Waals surface area contributed by atoms with Gasteiger partial charge in [-0.3, -0.25) is 4.79 Å². The molecule has 0 spiro atoms. The number of anilines is 3. The quantitative estimate of drug-likeness (QED) is 0.749. The number of nitrogens with zero attached hydrogens (tertiary/aromatic N) is 1. The fraction of sp³-hybridized carbons (Fsp3) is 0.350. The molecule has 0 aromatic heterocycles. The number of nitrogens with one attached hydrogen (secondary N) is 2. The fourth-order valence-electron chi connectivity index (χ4n) is 3.11. The van der Waals surface area contributed by atoms with Gasteiger partial charge >= 0.3 is 0 Å². The lowest BCUT2D eigenvalue weighted by Gasteiger charge is -2.18. The van der Waals surface area contributed by atoms with E-state index in [1.54, 1.807) is 19.2 Å². The van der Waals surface area contributed by atoms with Gasteiger partial charge in [-0.2, -0.15) is 0 Å². The van der Waals surface area contributed by atoms with Crippen LogP contribution in [0.2, 0.25) is 5.02 Å². The maximum atomic E-state index is 12.3. The molecule has 27 heavy (non-hydrogen) atoms. The van der Waals surface area contributed by atoms with Crippen LogP contribution in [0.1, 0.15) is 12.8 Å². The molecule has 3 rings (SSSR count). The van der Waals surface area contributed by atoms with Gasteiger partial charge in [-0.1, -0.05) is 11.6 Å². The Bertz CT molecular complexity index is 790. The van der Waals surface area contributed by atoms with Crippen LogP contribution in [0.3, 0.4) is 0 Å². The number of carbonyl (C=O) groups excluding carboxylic acids is 1. The van der Waals surface area contributed by atoms with E-state index in [-0.39, 0.29) is 12.5 Å². The van der Waals surface area contributed by atoms with Crippen LogP contribution in [0.25, 0.3) is 0 Å². The van der Waals surface area contributed by atoms with Gasteiger partial charge in [0.1, 0.15) is 11.5 Å². The maximum absolute atomic E-state index is 12.3. The Labute approximate surface area is 164 Å². The van der Waals surface area contributed by atoms with Gasteiger partial charge in [0.25, 0.3) is 0 Å². The molecule has 1 aliphatic heterocycles. The molecule has 0 bridgehead atoms. The molecule has 2 aromatic rings. The molecule has 1 heterocycles. The number of amides is 1. The smallest absolute Gasteiger partial charge is 0.243 e. The van der Waals surface area contributed by atoms with Crippen LogP contribution in [0.5, 0.6) is 11.5 Å². The third-order valence-corrected chi connectivity index (χ3v) is 4.83. The van der Waals surface area contributed by atoms with Crippen LogP contribution in [0, 0.1) is 0 Å². The zero-order valence-corrected chi connectivity index (χ0v) is 16.3. The minimum Gasteiger partial charge on any atom is -0.495 e. The molecular formula is C20H24ClN3O3. The predicted molar refractivity (Wildman–Crippen MR) is 110 cm³/mol. The molecule has 1 fully saturated rings. The van der Waals surface area contributed by atoms with Crippen molar-refractivity contribution in [1.82, 2.24) is 0 Å². The van der Waals surface area contributed by atoms with Gasteiger partial charge in [-0.05, 0) is 37.1 Å². The van der Waals surface area contributed by atoms with Gasteiger partial charge in [0.05, 0.1) is 31.5 Å². The average Bonchev–Trinajstić information content (AvgIpc) is 3.22. The molecule has 1 amide bonds. The summed E-state index contributed by atoms with van der Waals surface area (Å²) in [5, 5.41) is 6.39. The number of hydrogen-bond donors (Lipinski definition) is 2. The third-order valence-electron chi connectivity index (χ3n) is 4.54. The monoisotopic (exact) mass is 389 g/mol. The fourth-order valence-corrected chi connectivity index (χ4v) is 3.34. The van der Waals surface area contributed by atoms with Crippen molar-refractivity contribution in [1.29, 1.82) is 0 Å². The number of rotatable bonds is 7. The van der Waals surface area contributed by atoms with Crippen LogP contribution < -0.4 is 25.0 Å². The van der Waals surface area contributed by atoms with Crippen molar-refractivity contribution < 1.29 is 14.3 Å². The minimum atomic E-state index is -0.153. The number of methoxy groups -OCH3 is 2. The van der Waals surface area contributed by atoms with E-state index in [4.69, 9.17) is 21.1 Å². The summed E-state index contributed by atoms with van der Waals surface area (Å²) in [5.74, 6) is 0.904. The first kappa shape index (κ1) is 19.2. The summed E-state index contributed by atoms with van der Waals surface area (Å²) in [6.45, 7) is 2.29. The summed E-state index contributed by atoms with van der Waals surface area (Å²) in [4.78, 5) is 14.6. The molecule has 0 saturated carbocycles. The van der Waals surface area contributed by atoms with Gasteiger partial charge in [0.15, 0.2) is 0 Å². The lowest BCUT2D eigenvalue weighted by molar-refractivity contribution is -0.114. The molecule has 2 aromatic carbocycles. The Morgan fingerprint density at radius 2 is 1.74 bits per heavy atom. The van der Waals surface area contributed by atoms with E-state index < -0.39 is 0 Å². The van der Waals surface area contributed by atoms with Crippen LogP contribution in [-0.4, -0.2) is 39.8 Å². The van der Waals surface area contributed by atoms with E-state index >= 15 is 0 Å². The Morgan fingerprint density at radius 3 is 2.37 bits per heavy atom. The highest BCUT2D eigenvalue weighted by molar-refractivity contribution is 6.32. The number of ether oxygens (including phenoxy) is 2. The van der Waals surface area contributed by atoms with E-state index in [1.807, 2.05) is 24.3 Å². The van der Waals surface area contributed by atoms with Crippen molar-refractivity contribution >= 4 is 34.6 Å². The van der Waals surface area contributed by atoms with Crippen molar-refractivity contribution in [2.45, 2.75) is 12.8 Å². The zero-order chi connectivity index (χ0) is 19.2. The van der Waals surface area contributed by atoms with Crippen LogP contribution in [0.4, 0.5) is 17.1 Å². The molecule has 1 saturated heterocycles. The largest absolute Gasteiger partial charge is 0.495 e. The van der Waals surface area contributed by atoms with Crippen molar-refractivity contribution in [3.05, 3.63) is 41.4 Å². The third kappa shape index (κ3) is 4.77. The minimum absolute atomic E-state index is 0.0923. The molecule has 0 aliphatic carbocycles. The standard InChI is InChI=1S/C20H24ClN3O3/c1-26-18-12-17(19(27-2)11-16(18)21)22-13-20(25)23-14-5-7-15(8-6-14)24-9-3-4-10-24/h5-8,11-12,22H,3-4,9-10,13H2,1-2H3,(H,23,25). The number of carbonyl (C=O) groups is 1. The Kier molecular flexibility index (Phi) is 6.29. The topological polar surface area (TPSA) is 62.8 Å². The van der Waals surface area contributed by atoms with Gasteiger partial charge in [0.2, 0.25) is 5.91 Å². The molecule has 0 atom stereocenters. The van der Waals surface area contributed by atoms with E-state index in [0.29, 0.717) is 22.2 Å². The van der Waals surface area contributed by atoms with Crippen LogP contribution in [-0.2, 0) is 4.79 Å². The Morgan fingerprint density at radius 1 is 1.07 bits per heavy atom. The van der Waals surface area contributed by atoms with Crippen molar-refractivity contribution in [2.75, 3.05) is 49.4 Å². The molecule has 7 heteroatoms. The van der Waals surface area contributed by atoms with Crippen LogP contribution in [0.15, 0.2) is 36.4 Å². The zero-order valence-electron chi connectivity index (χ0n) is 15.5. The number of hydrogen-bond acceptors (Lipinski definition) is 5. The molecule has 0 unspecified atom stereocenters. The van der Waals surface area contributed by atoms with E-state index in [9.17, 15) is 4.79 Å². The summed E-state index contributed by atoms with van der Waals surface area (Å²) < 4.78 is 10.5. The molecule has 0 radical (unpaired) electrons. The Balaban J connectivity index is 1.58. The molecule has 1 aliphatic rings. The Hall–Kier alpha value is -2.60. The summed E-state index contributed by atoms with van der Waals surface area (Å²) in [6.07, 6.45) is 2.48. The van der Waals surface area contributed by atoms with Gasteiger partial charge < -0.3 is 25.0 Å². The van der Waals surface area contributed by atoms with E-state index in [1.165, 1.54) is 25.6 Å². The molecule has 144 valence electrons. The summed E-state index contributed by atoms with van der Waals surface area (Å²) in [6, 6.07) is 11.3. The highest BCUT2D eigenvalue weighted by Gasteiger charge is 2.13. The normalized spacial score (nSPS) is 13.4. The van der Waals surface area contributed by atoms with Gasteiger partial charge in [0, 0.05) is 36.6 Å². The lowest BCUT2D eigenvalue weighted by Crippen LogP contribution is -2.22. The number of benzene rings is 2. The summed E-state index contributed by atoms with van der Waals surface area (Å²) >= 11 is 6.09.